The first-order chi connectivity index (χ1) is 5.00. The smallest absolute Gasteiger partial charge is 0.232 e. The summed E-state index contributed by atoms with van der Waals surface area (Å²) >= 11 is 19.9. The van der Waals surface area contributed by atoms with Gasteiger partial charge in [0.2, 0.25) is 3.79 Å². The van der Waals surface area contributed by atoms with Gasteiger partial charge in [0.05, 0.1) is 5.69 Å². The minimum atomic E-state index is -1.43. The zero-order valence-corrected chi connectivity index (χ0v) is 9.04. The molecule has 0 N–H and O–H groups in total. The molecule has 1 aromatic heterocycles. The van der Waals surface area contributed by atoms with Gasteiger partial charge >= 0.3 is 0 Å². The summed E-state index contributed by atoms with van der Waals surface area (Å²) in [7, 11) is 0. The molecule has 0 saturated carbocycles. The highest BCUT2D eigenvalue weighted by Crippen LogP contribution is 2.36. The van der Waals surface area contributed by atoms with Crippen molar-refractivity contribution in [1.29, 1.82) is 0 Å². The van der Waals surface area contributed by atoms with Crippen LogP contribution >= 0.6 is 50.7 Å². The maximum atomic E-state index is 5.56. The maximum absolute atomic E-state index is 5.56. The molecule has 1 rings (SSSR count). The molecule has 0 spiro atoms. The highest BCUT2D eigenvalue weighted by molar-refractivity contribution is 9.10. The van der Waals surface area contributed by atoms with Crippen molar-refractivity contribution in [3.05, 3.63) is 28.5 Å². The van der Waals surface area contributed by atoms with Crippen molar-refractivity contribution in [3.63, 3.8) is 0 Å². The Morgan fingerprint density at radius 2 is 1.91 bits per heavy atom. The largest absolute Gasteiger partial charge is 0.256 e. The third kappa shape index (κ3) is 2.79. The molecule has 5 heteroatoms. The van der Waals surface area contributed by atoms with Gasteiger partial charge in [0.25, 0.3) is 0 Å². The van der Waals surface area contributed by atoms with Crippen LogP contribution in [0.2, 0.25) is 0 Å². The number of nitrogens with zero attached hydrogens (tertiary/aromatic N) is 1. The molecule has 1 heterocycles. The molecule has 60 valence electrons. The van der Waals surface area contributed by atoms with Crippen LogP contribution in [0.3, 0.4) is 0 Å². The summed E-state index contributed by atoms with van der Waals surface area (Å²) in [6, 6.07) is 3.42. The summed E-state index contributed by atoms with van der Waals surface area (Å²) in [4.78, 5) is 3.91. The second-order valence-corrected chi connectivity index (χ2v) is 5.06. The Morgan fingerprint density at radius 3 is 2.27 bits per heavy atom. The molecule has 1 aromatic rings. The summed E-state index contributed by atoms with van der Waals surface area (Å²) in [6.45, 7) is 0. The number of halogens is 4. The molecule has 0 amide bonds. The molecule has 0 radical (unpaired) electrons. The molecular weight excluding hydrogens is 272 g/mol. The van der Waals surface area contributed by atoms with E-state index >= 15 is 0 Å². The Kier molecular flexibility index (Phi) is 3.03. The zero-order valence-electron chi connectivity index (χ0n) is 5.19. The summed E-state index contributed by atoms with van der Waals surface area (Å²) in [6.07, 6.45) is 1.58. The van der Waals surface area contributed by atoms with E-state index in [-0.39, 0.29) is 0 Å². The Hall–Kier alpha value is 0.500. The number of rotatable bonds is 0. The molecule has 0 aromatic carbocycles. The Morgan fingerprint density at radius 1 is 1.27 bits per heavy atom. The van der Waals surface area contributed by atoms with Gasteiger partial charge in [0.1, 0.15) is 0 Å². The number of pyridine rings is 1. The molecular formula is C6H3BrCl3N. The third-order valence-corrected chi connectivity index (χ3v) is 2.07. The van der Waals surface area contributed by atoms with E-state index in [4.69, 9.17) is 34.8 Å². The van der Waals surface area contributed by atoms with Crippen molar-refractivity contribution in [3.8, 4) is 0 Å². The van der Waals surface area contributed by atoms with E-state index in [1.165, 1.54) is 0 Å². The minimum absolute atomic E-state index is 0.422. The number of hydrogen-bond donors (Lipinski definition) is 0. The average Bonchev–Trinajstić information content (AvgIpc) is 1.86. The summed E-state index contributed by atoms with van der Waals surface area (Å²) in [5.41, 5.74) is 0.422. The van der Waals surface area contributed by atoms with E-state index in [0.29, 0.717) is 5.69 Å². The number of alkyl halides is 3. The molecule has 0 bridgehead atoms. The van der Waals surface area contributed by atoms with Gasteiger partial charge in [-0.2, -0.15) is 0 Å². The zero-order chi connectivity index (χ0) is 8.48. The van der Waals surface area contributed by atoms with Crippen LogP contribution in [0.5, 0.6) is 0 Å². The lowest BCUT2D eigenvalue weighted by Gasteiger charge is -2.08. The van der Waals surface area contributed by atoms with Gasteiger partial charge in [-0.1, -0.05) is 34.8 Å². The third-order valence-electron chi connectivity index (χ3n) is 1.02. The second-order valence-electron chi connectivity index (χ2n) is 1.86. The molecule has 0 unspecified atom stereocenters. The van der Waals surface area contributed by atoms with Crippen LogP contribution in [0.4, 0.5) is 0 Å². The van der Waals surface area contributed by atoms with Crippen molar-refractivity contribution >= 4 is 50.7 Å². The van der Waals surface area contributed by atoms with Crippen molar-refractivity contribution in [2.75, 3.05) is 0 Å². The molecule has 11 heavy (non-hydrogen) atoms. The van der Waals surface area contributed by atoms with Gasteiger partial charge in [-0.15, -0.1) is 0 Å². The molecule has 0 aliphatic heterocycles. The lowest BCUT2D eigenvalue weighted by molar-refractivity contribution is 1.08. The quantitative estimate of drug-likeness (QED) is 0.658. The number of aromatic nitrogens is 1. The molecule has 1 nitrogen and oxygen atoms in total. The minimum Gasteiger partial charge on any atom is -0.256 e. The predicted molar refractivity (Wildman–Crippen MR) is 51.2 cm³/mol. The van der Waals surface area contributed by atoms with E-state index in [9.17, 15) is 0 Å². The topological polar surface area (TPSA) is 12.9 Å². The van der Waals surface area contributed by atoms with Crippen molar-refractivity contribution in [2.24, 2.45) is 0 Å². The van der Waals surface area contributed by atoms with Crippen LogP contribution in [0.1, 0.15) is 5.69 Å². The summed E-state index contributed by atoms with van der Waals surface area (Å²) < 4.78 is -0.573. The van der Waals surface area contributed by atoms with Gasteiger partial charge in [-0.25, -0.2) is 0 Å². The monoisotopic (exact) mass is 273 g/mol. The van der Waals surface area contributed by atoms with Gasteiger partial charge in [-0.05, 0) is 28.1 Å². The average molecular weight is 275 g/mol. The molecule has 0 aliphatic carbocycles. The van der Waals surface area contributed by atoms with E-state index in [1.54, 1.807) is 18.3 Å². The van der Waals surface area contributed by atoms with Crippen LogP contribution in [-0.2, 0) is 3.79 Å². The van der Waals surface area contributed by atoms with Crippen LogP contribution in [0, 0.1) is 0 Å². The highest BCUT2D eigenvalue weighted by atomic mass is 79.9. The van der Waals surface area contributed by atoms with Gasteiger partial charge in [-0.3, -0.25) is 4.98 Å². The predicted octanol–water partition coefficient (Wildman–Crippen LogP) is 3.67. The van der Waals surface area contributed by atoms with Crippen LogP contribution < -0.4 is 0 Å². The van der Waals surface area contributed by atoms with Gasteiger partial charge in [0, 0.05) is 10.7 Å². The lowest BCUT2D eigenvalue weighted by Crippen LogP contribution is -2.02. The Balaban J connectivity index is 2.99. The first kappa shape index (κ1) is 9.59. The van der Waals surface area contributed by atoms with Crippen molar-refractivity contribution < 1.29 is 0 Å². The van der Waals surface area contributed by atoms with E-state index in [2.05, 4.69) is 20.9 Å². The maximum Gasteiger partial charge on any atom is 0.232 e. The van der Waals surface area contributed by atoms with Crippen LogP contribution in [0.15, 0.2) is 22.8 Å². The Labute approximate surface area is 87.8 Å². The van der Waals surface area contributed by atoms with Crippen molar-refractivity contribution in [2.45, 2.75) is 3.79 Å². The fourth-order valence-corrected chi connectivity index (χ4v) is 1.11. The highest BCUT2D eigenvalue weighted by Gasteiger charge is 2.23. The number of hydrogen-bond acceptors (Lipinski definition) is 1. The van der Waals surface area contributed by atoms with E-state index in [0.717, 1.165) is 4.47 Å². The summed E-state index contributed by atoms with van der Waals surface area (Å²) in [5.74, 6) is 0. The Bertz CT molecular complexity index is 241. The van der Waals surface area contributed by atoms with Crippen LogP contribution in [0.25, 0.3) is 0 Å². The van der Waals surface area contributed by atoms with Crippen LogP contribution in [-0.4, -0.2) is 4.98 Å². The summed E-state index contributed by atoms with van der Waals surface area (Å²) in [5, 5.41) is 0. The fraction of sp³-hybridized carbons (Fsp3) is 0.167. The second kappa shape index (κ2) is 3.48. The van der Waals surface area contributed by atoms with E-state index in [1.807, 2.05) is 0 Å². The normalized spacial score (nSPS) is 11.6. The fourth-order valence-electron chi connectivity index (χ4n) is 0.544. The first-order valence-electron chi connectivity index (χ1n) is 2.69. The van der Waals surface area contributed by atoms with Gasteiger partial charge in [0.15, 0.2) is 0 Å². The first-order valence-corrected chi connectivity index (χ1v) is 4.61. The lowest BCUT2D eigenvalue weighted by atomic mass is 10.4. The molecule has 0 atom stereocenters. The van der Waals surface area contributed by atoms with Crippen molar-refractivity contribution in [1.82, 2.24) is 4.98 Å². The SMILES string of the molecule is ClC(Cl)(Cl)c1ccc(Br)cn1. The molecule has 0 saturated heterocycles. The molecule has 0 aliphatic rings. The van der Waals surface area contributed by atoms with E-state index < -0.39 is 3.79 Å². The molecule has 0 fully saturated rings. The van der Waals surface area contributed by atoms with Gasteiger partial charge < -0.3 is 0 Å². The standard InChI is InChI=1S/C6H3BrCl3N/c7-4-1-2-5(11-3-4)6(8,9)10/h1-3H.